The average Bonchev–Trinajstić information content (AvgIpc) is 3.76. The fourth-order valence-corrected chi connectivity index (χ4v) is 10.1. The lowest BCUT2D eigenvalue weighted by Gasteiger charge is -2.14. The monoisotopic (exact) mass is 820 g/mol. The summed E-state index contributed by atoms with van der Waals surface area (Å²) in [6.45, 7) is 0. The Hall–Kier alpha value is -8.12. The van der Waals surface area contributed by atoms with Crippen molar-refractivity contribution < 1.29 is 0 Å². The first-order chi connectivity index (χ1) is 31.2. The van der Waals surface area contributed by atoms with Crippen molar-refractivity contribution in [3.8, 4) is 78.8 Å². The SMILES string of the molecule is c1ccc(-c2nc(-c3ccc(-c4ccc(-c5cccc6c(-c7ccccc7)nc7ccccc7c56)cc4)cc3)nc(-c3ccc(-c4cccc5c4sc4ccccc45)cc3)n2)cc1. The first-order valence-corrected chi connectivity index (χ1v) is 21.9. The summed E-state index contributed by atoms with van der Waals surface area (Å²) in [7, 11) is 0. The summed E-state index contributed by atoms with van der Waals surface area (Å²) < 4.78 is 2.60. The van der Waals surface area contributed by atoms with E-state index < -0.39 is 0 Å². The standard InChI is InChI=1S/C58H36N4S/c1-3-13-41(14-4-1)54-50-22-11-19-45(53(50)49-18-7-9-23-51(49)59-54)39-29-25-37(26-30-39)38-27-33-43(34-28-38)57-60-56(42-15-5-2-6-16-42)61-58(62-57)44-35-31-40(32-36-44)46-20-12-21-48-47-17-8-10-24-52(47)63-55(46)48/h1-36H. The highest BCUT2D eigenvalue weighted by Crippen LogP contribution is 2.41. The molecule has 0 N–H and O–H groups in total. The van der Waals surface area contributed by atoms with Gasteiger partial charge in [-0.1, -0.05) is 206 Å². The van der Waals surface area contributed by atoms with Crippen LogP contribution >= 0.6 is 11.3 Å². The Morgan fingerprint density at radius 2 is 0.714 bits per heavy atom. The van der Waals surface area contributed by atoms with Gasteiger partial charge < -0.3 is 0 Å². The van der Waals surface area contributed by atoms with Gasteiger partial charge in [0.1, 0.15) is 0 Å². The van der Waals surface area contributed by atoms with Crippen LogP contribution < -0.4 is 0 Å². The van der Waals surface area contributed by atoms with Gasteiger partial charge >= 0.3 is 0 Å². The predicted molar refractivity (Wildman–Crippen MR) is 264 cm³/mol. The lowest BCUT2D eigenvalue weighted by molar-refractivity contribution is 1.07. The van der Waals surface area contributed by atoms with Crippen molar-refractivity contribution in [2.75, 3.05) is 0 Å². The molecule has 0 unspecified atom stereocenters. The zero-order valence-corrected chi connectivity index (χ0v) is 34.8. The van der Waals surface area contributed by atoms with Crippen LogP contribution in [0.4, 0.5) is 0 Å². The smallest absolute Gasteiger partial charge is 0.164 e. The molecular weight excluding hydrogens is 785 g/mol. The summed E-state index contributed by atoms with van der Waals surface area (Å²) in [6, 6.07) is 76.9. The van der Waals surface area contributed by atoms with Crippen LogP contribution in [0.25, 0.3) is 121 Å². The molecule has 12 rings (SSSR count). The van der Waals surface area contributed by atoms with Gasteiger partial charge in [0.15, 0.2) is 17.5 Å². The van der Waals surface area contributed by atoms with E-state index in [1.807, 2.05) is 47.7 Å². The molecular formula is C58H36N4S. The van der Waals surface area contributed by atoms with Crippen LogP contribution in [0, 0.1) is 0 Å². The van der Waals surface area contributed by atoms with Crippen LogP contribution in [0.3, 0.4) is 0 Å². The number of para-hydroxylation sites is 1. The van der Waals surface area contributed by atoms with Crippen molar-refractivity contribution in [2.45, 2.75) is 0 Å². The van der Waals surface area contributed by atoms with Crippen molar-refractivity contribution in [1.82, 2.24) is 19.9 Å². The molecule has 0 fully saturated rings. The number of benzene rings is 9. The lowest BCUT2D eigenvalue weighted by atomic mass is 9.92. The molecule has 0 aliphatic rings. The van der Waals surface area contributed by atoms with Crippen molar-refractivity contribution in [2.24, 2.45) is 0 Å². The third-order valence-electron chi connectivity index (χ3n) is 12.0. The van der Waals surface area contributed by atoms with E-state index in [1.165, 1.54) is 36.7 Å². The van der Waals surface area contributed by atoms with E-state index in [0.717, 1.165) is 66.5 Å². The van der Waals surface area contributed by atoms with Gasteiger partial charge in [0.25, 0.3) is 0 Å². The lowest BCUT2D eigenvalue weighted by Crippen LogP contribution is -2.00. The fraction of sp³-hybridized carbons (Fsp3) is 0. The van der Waals surface area contributed by atoms with E-state index in [2.05, 4.69) is 182 Å². The van der Waals surface area contributed by atoms with Crippen molar-refractivity contribution in [3.63, 3.8) is 0 Å². The normalized spacial score (nSPS) is 11.5. The maximum absolute atomic E-state index is 5.15. The highest BCUT2D eigenvalue weighted by Gasteiger charge is 2.17. The molecule has 3 heterocycles. The van der Waals surface area contributed by atoms with E-state index >= 15 is 0 Å². The summed E-state index contributed by atoms with van der Waals surface area (Å²) in [6.07, 6.45) is 0. The third kappa shape index (κ3) is 6.63. The van der Waals surface area contributed by atoms with E-state index in [9.17, 15) is 0 Å². The highest BCUT2D eigenvalue weighted by molar-refractivity contribution is 7.26. The van der Waals surface area contributed by atoms with Crippen LogP contribution in [-0.2, 0) is 0 Å². The molecule has 63 heavy (non-hydrogen) atoms. The molecule has 5 heteroatoms. The molecule has 0 amide bonds. The zero-order valence-electron chi connectivity index (χ0n) is 34.0. The van der Waals surface area contributed by atoms with Crippen LogP contribution in [0.15, 0.2) is 218 Å². The number of nitrogens with zero attached hydrogens (tertiary/aromatic N) is 4. The Morgan fingerprint density at radius 1 is 0.270 bits per heavy atom. The topological polar surface area (TPSA) is 51.6 Å². The van der Waals surface area contributed by atoms with Crippen LogP contribution in [0.2, 0.25) is 0 Å². The van der Waals surface area contributed by atoms with E-state index in [1.54, 1.807) is 0 Å². The highest BCUT2D eigenvalue weighted by atomic mass is 32.1. The first kappa shape index (κ1) is 36.7. The maximum Gasteiger partial charge on any atom is 0.164 e. The first-order valence-electron chi connectivity index (χ1n) is 21.1. The Bertz CT molecular complexity index is 3640. The van der Waals surface area contributed by atoms with E-state index in [0.29, 0.717) is 17.5 Å². The summed E-state index contributed by atoms with van der Waals surface area (Å²) in [5.74, 6) is 1.91. The molecule has 3 aromatic heterocycles. The molecule has 0 aliphatic carbocycles. The van der Waals surface area contributed by atoms with E-state index in [-0.39, 0.29) is 0 Å². The van der Waals surface area contributed by atoms with Crippen molar-refractivity contribution in [3.05, 3.63) is 218 Å². The molecule has 0 radical (unpaired) electrons. The molecule has 0 atom stereocenters. The van der Waals surface area contributed by atoms with Crippen LogP contribution in [0.1, 0.15) is 0 Å². The quantitative estimate of drug-likeness (QED) is 0.150. The Balaban J connectivity index is 0.875. The Kier molecular flexibility index (Phi) is 8.98. The van der Waals surface area contributed by atoms with Gasteiger partial charge in [0.2, 0.25) is 0 Å². The summed E-state index contributed by atoms with van der Waals surface area (Å²) in [4.78, 5) is 20.2. The molecule has 0 aliphatic heterocycles. The minimum Gasteiger partial charge on any atom is -0.247 e. The maximum atomic E-state index is 5.15. The molecule has 0 saturated heterocycles. The second-order valence-electron chi connectivity index (χ2n) is 15.8. The number of rotatable bonds is 7. The summed E-state index contributed by atoms with van der Waals surface area (Å²) in [5, 5.41) is 6.10. The number of thiophene rings is 1. The van der Waals surface area contributed by atoms with Gasteiger partial charge in [-0.2, -0.15) is 0 Å². The Labute approximate surface area is 368 Å². The molecule has 9 aromatic carbocycles. The van der Waals surface area contributed by atoms with Crippen molar-refractivity contribution >= 4 is 53.2 Å². The van der Waals surface area contributed by atoms with Gasteiger partial charge in [-0.3, -0.25) is 0 Å². The van der Waals surface area contributed by atoms with Gasteiger partial charge in [-0.15, -0.1) is 11.3 Å². The zero-order chi connectivity index (χ0) is 41.7. The van der Waals surface area contributed by atoms with E-state index in [4.69, 9.17) is 19.9 Å². The molecule has 4 nitrogen and oxygen atoms in total. The van der Waals surface area contributed by atoms with Crippen LogP contribution in [-0.4, -0.2) is 19.9 Å². The number of aromatic nitrogens is 4. The second-order valence-corrected chi connectivity index (χ2v) is 16.8. The molecule has 294 valence electrons. The fourth-order valence-electron chi connectivity index (χ4n) is 8.84. The second kappa shape index (κ2) is 15.4. The van der Waals surface area contributed by atoms with Crippen LogP contribution in [0.5, 0.6) is 0 Å². The van der Waals surface area contributed by atoms with Gasteiger partial charge in [-0.25, -0.2) is 19.9 Å². The molecule has 0 bridgehead atoms. The largest absolute Gasteiger partial charge is 0.247 e. The number of pyridine rings is 1. The van der Waals surface area contributed by atoms with Gasteiger partial charge in [0.05, 0.1) is 11.2 Å². The molecule has 12 aromatic rings. The third-order valence-corrected chi connectivity index (χ3v) is 13.2. The average molecular weight is 821 g/mol. The van der Waals surface area contributed by atoms with Crippen molar-refractivity contribution in [1.29, 1.82) is 0 Å². The number of fused-ring (bicyclic) bond motifs is 6. The summed E-state index contributed by atoms with van der Waals surface area (Å²) in [5.41, 5.74) is 12.9. The number of hydrogen-bond acceptors (Lipinski definition) is 5. The Morgan fingerprint density at radius 3 is 1.35 bits per heavy atom. The minimum atomic E-state index is 0.632. The number of hydrogen-bond donors (Lipinski definition) is 0. The van der Waals surface area contributed by atoms with Gasteiger partial charge in [-0.05, 0) is 45.5 Å². The van der Waals surface area contributed by atoms with Gasteiger partial charge in [0, 0.05) is 58.6 Å². The molecule has 0 saturated carbocycles. The summed E-state index contributed by atoms with van der Waals surface area (Å²) >= 11 is 1.85. The molecule has 0 spiro atoms. The minimum absolute atomic E-state index is 0.632. The predicted octanol–water partition coefficient (Wildman–Crippen LogP) is 15.6.